The maximum absolute atomic E-state index is 6.18. The number of aliphatic imine (C=N–C) groups is 1. The summed E-state index contributed by atoms with van der Waals surface area (Å²) in [5, 5.41) is 2.78. The van der Waals surface area contributed by atoms with Crippen LogP contribution in [0.3, 0.4) is 0 Å². The highest BCUT2D eigenvalue weighted by molar-refractivity contribution is 5.77. The number of nitrogens with two attached hydrogens (primary N) is 1. The minimum atomic E-state index is 0.00926. The predicted octanol–water partition coefficient (Wildman–Crippen LogP) is -0.0381. The standard InChI is InChI=1S/C2H6N4/c1-5-2(3)6-4/h4H,1H3,(H2,3,5). The maximum atomic E-state index is 6.18. The molecule has 0 rings (SSSR count). The van der Waals surface area contributed by atoms with E-state index >= 15 is 0 Å². The van der Waals surface area contributed by atoms with Gasteiger partial charge in [-0.25, -0.2) is 5.53 Å². The molecule has 0 aliphatic carbocycles. The molecule has 0 bridgehead atoms. The van der Waals surface area contributed by atoms with Crippen LogP contribution in [-0.2, 0) is 0 Å². The van der Waals surface area contributed by atoms with Crippen LogP contribution >= 0.6 is 0 Å². The Morgan fingerprint density at radius 3 is 2.33 bits per heavy atom. The van der Waals surface area contributed by atoms with Crippen LogP contribution in [0.2, 0.25) is 0 Å². The molecular weight excluding hydrogens is 80.0 g/mol. The molecule has 0 heterocycles. The van der Waals surface area contributed by atoms with E-state index in [-0.39, 0.29) is 5.96 Å². The summed E-state index contributed by atoms with van der Waals surface area (Å²) in [6, 6.07) is 0. The predicted molar refractivity (Wildman–Crippen MR) is 22.7 cm³/mol. The van der Waals surface area contributed by atoms with Gasteiger partial charge in [0.25, 0.3) is 0 Å². The van der Waals surface area contributed by atoms with Crippen molar-refractivity contribution in [1.82, 2.24) is 0 Å². The smallest absolute Gasteiger partial charge is 0.234 e. The van der Waals surface area contributed by atoms with Crippen LogP contribution in [-0.4, -0.2) is 13.0 Å². The molecule has 6 heavy (non-hydrogen) atoms. The molecule has 3 N–H and O–H groups in total. The number of hydrogen-bond donors (Lipinski definition) is 2. The summed E-state index contributed by atoms with van der Waals surface area (Å²) in [4.78, 5) is 3.35. The maximum Gasteiger partial charge on any atom is 0.234 e. The topological polar surface area (TPSA) is 74.6 Å². The van der Waals surface area contributed by atoms with Crippen molar-refractivity contribution in [2.75, 3.05) is 7.05 Å². The molecule has 0 aliphatic heterocycles. The van der Waals surface area contributed by atoms with Gasteiger partial charge in [-0.1, -0.05) is 0 Å². The molecule has 0 aromatic carbocycles. The Balaban J connectivity index is 3.50. The molecule has 0 aromatic rings. The molecule has 0 aromatic heterocycles. The van der Waals surface area contributed by atoms with Crippen molar-refractivity contribution in [3.05, 3.63) is 0 Å². The normalized spacial score (nSPS) is 11.2. The van der Waals surface area contributed by atoms with E-state index in [1.165, 1.54) is 7.05 Å². The molecule has 34 valence electrons. The highest BCUT2D eigenvalue weighted by atomic mass is 15.1. The van der Waals surface area contributed by atoms with Crippen LogP contribution in [0.4, 0.5) is 0 Å². The van der Waals surface area contributed by atoms with Crippen molar-refractivity contribution in [2.45, 2.75) is 0 Å². The zero-order chi connectivity index (χ0) is 4.99. The van der Waals surface area contributed by atoms with Gasteiger partial charge in [0, 0.05) is 7.05 Å². The van der Waals surface area contributed by atoms with Gasteiger partial charge in [0.05, 0.1) is 0 Å². The summed E-state index contributed by atoms with van der Waals surface area (Å²) >= 11 is 0. The molecule has 0 amide bonds. The molecule has 0 saturated carbocycles. The zero-order valence-corrected chi connectivity index (χ0v) is 3.47. The number of nitrogens with zero attached hydrogens (tertiary/aromatic N) is 2. The van der Waals surface area contributed by atoms with Gasteiger partial charge in [-0.05, 0) is 0 Å². The van der Waals surface area contributed by atoms with Crippen LogP contribution in [0.25, 0.3) is 0 Å². The first-order valence-corrected chi connectivity index (χ1v) is 1.41. The molecule has 0 atom stereocenters. The fourth-order valence-corrected chi connectivity index (χ4v) is 0.0500. The number of hydrogen-bond acceptors (Lipinski definition) is 2. The lowest BCUT2D eigenvalue weighted by molar-refractivity contribution is 1.15. The minimum absolute atomic E-state index is 0.00926. The largest absolute Gasteiger partial charge is 0.367 e. The molecule has 0 spiro atoms. The van der Waals surface area contributed by atoms with E-state index < -0.39 is 0 Å². The van der Waals surface area contributed by atoms with Gasteiger partial charge >= 0.3 is 0 Å². The Morgan fingerprint density at radius 1 is 1.83 bits per heavy atom. The summed E-state index contributed by atoms with van der Waals surface area (Å²) in [5.74, 6) is 0.00926. The third-order valence-corrected chi connectivity index (χ3v) is 0.344. The Hall–Kier alpha value is -0.930. The molecule has 0 unspecified atom stereocenters. The second-order valence-corrected chi connectivity index (χ2v) is 0.694. The lowest BCUT2D eigenvalue weighted by Crippen LogP contribution is -2.05. The van der Waals surface area contributed by atoms with E-state index in [9.17, 15) is 0 Å². The second kappa shape index (κ2) is 2.32. The first-order valence-electron chi connectivity index (χ1n) is 1.41. The van der Waals surface area contributed by atoms with Crippen molar-refractivity contribution in [1.29, 1.82) is 5.53 Å². The highest BCUT2D eigenvalue weighted by Crippen LogP contribution is 1.60. The lowest BCUT2D eigenvalue weighted by atomic mass is 11.1. The Labute approximate surface area is 35.6 Å². The summed E-state index contributed by atoms with van der Waals surface area (Å²) < 4.78 is 0. The van der Waals surface area contributed by atoms with Crippen LogP contribution < -0.4 is 5.73 Å². The van der Waals surface area contributed by atoms with Gasteiger partial charge in [0.2, 0.25) is 5.96 Å². The summed E-state index contributed by atoms with van der Waals surface area (Å²) in [5.41, 5.74) is 11.0. The van der Waals surface area contributed by atoms with Crippen LogP contribution in [0.1, 0.15) is 0 Å². The number of guanidine groups is 1. The van der Waals surface area contributed by atoms with Crippen molar-refractivity contribution in [2.24, 2.45) is 15.8 Å². The average molecular weight is 86.1 g/mol. The van der Waals surface area contributed by atoms with E-state index in [0.717, 1.165) is 0 Å². The highest BCUT2D eigenvalue weighted by Gasteiger charge is 1.72. The number of rotatable bonds is 0. The molecule has 0 radical (unpaired) electrons. The molecular formula is C2H6N4. The third kappa shape index (κ3) is 1.40. The van der Waals surface area contributed by atoms with Crippen molar-refractivity contribution in [3.8, 4) is 0 Å². The van der Waals surface area contributed by atoms with Crippen LogP contribution in [0.5, 0.6) is 0 Å². The molecule has 0 saturated heterocycles. The molecule has 4 heteroatoms. The Bertz CT molecular complexity index is 73.6. The summed E-state index contributed by atoms with van der Waals surface area (Å²) in [7, 11) is 1.48. The minimum Gasteiger partial charge on any atom is -0.367 e. The van der Waals surface area contributed by atoms with Gasteiger partial charge in [0.15, 0.2) is 0 Å². The molecule has 4 nitrogen and oxygen atoms in total. The number of nitrogens with one attached hydrogen (secondary N) is 1. The first-order chi connectivity index (χ1) is 2.81. The Kier molecular flexibility index (Phi) is 1.96. The Morgan fingerprint density at radius 2 is 2.33 bits per heavy atom. The monoisotopic (exact) mass is 86.1 g/mol. The molecule has 0 fully saturated rings. The van der Waals surface area contributed by atoms with Crippen molar-refractivity contribution in [3.63, 3.8) is 0 Å². The van der Waals surface area contributed by atoms with Gasteiger partial charge in [-0.15, -0.1) is 5.11 Å². The van der Waals surface area contributed by atoms with Crippen molar-refractivity contribution >= 4 is 5.96 Å². The summed E-state index contributed by atoms with van der Waals surface area (Å²) in [6.45, 7) is 0. The first kappa shape index (κ1) is 5.07. The zero-order valence-electron chi connectivity index (χ0n) is 3.47. The van der Waals surface area contributed by atoms with E-state index in [1.807, 2.05) is 0 Å². The molecule has 0 aliphatic rings. The van der Waals surface area contributed by atoms with Gasteiger partial charge in [-0.3, -0.25) is 4.99 Å². The van der Waals surface area contributed by atoms with Crippen molar-refractivity contribution < 1.29 is 0 Å². The van der Waals surface area contributed by atoms with E-state index in [1.54, 1.807) is 0 Å². The lowest BCUT2D eigenvalue weighted by Gasteiger charge is -1.76. The fraction of sp³-hybridized carbons (Fsp3) is 0.500. The van der Waals surface area contributed by atoms with E-state index in [0.29, 0.717) is 0 Å². The van der Waals surface area contributed by atoms with Gasteiger partial charge in [-0.2, -0.15) is 0 Å². The average Bonchev–Trinajstić information content (AvgIpc) is 1.65. The van der Waals surface area contributed by atoms with E-state index in [2.05, 4.69) is 10.1 Å². The van der Waals surface area contributed by atoms with Gasteiger partial charge < -0.3 is 5.73 Å². The SMILES string of the molecule is CN=C(N)N=N. The fourth-order valence-electron chi connectivity index (χ4n) is 0.0500. The van der Waals surface area contributed by atoms with Crippen LogP contribution in [0, 0.1) is 5.53 Å². The van der Waals surface area contributed by atoms with Crippen LogP contribution in [0.15, 0.2) is 10.1 Å². The third-order valence-electron chi connectivity index (χ3n) is 0.344. The second-order valence-electron chi connectivity index (χ2n) is 0.694. The van der Waals surface area contributed by atoms with E-state index in [4.69, 9.17) is 11.3 Å². The van der Waals surface area contributed by atoms with Gasteiger partial charge in [0.1, 0.15) is 0 Å². The quantitative estimate of drug-likeness (QED) is 0.242. The summed E-state index contributed by atoms with van der Waals surface area (Å²) in [6.07, 6.45) is 0.